The molecule has 91 heavy (non-hydrogen) atoms. The summed E-state index contributed by atoms with van der Waals surface area (Å²) in [6.07, 6.45) is -0.183. The molecule has 0 bridgehead atoms. The number of aromatic hydroxyl groups is 1. The second-order valence-corrected chi connectivity index (χ2v) is 23.7. The Kier molecular flexibility index (Phi) is 26.2. The number of piperazine rings is 1. The molecule has 0 saturated carbocycles. The van der Waals surface area contributed by atoms with Crippen molar-refractivity contribution in [3.05, 3.63) is 102 Å². The van der Waals surface area contributed by atoms with Crippen LogP contribution in [-0.4, -0.2) is 261 Å². The molecule has 28 nitrogen and oxygen atoms in total. The van der Waals surface area contributed by atoms with Gasteiger partial charge in [-0.05, 0) is 67.5 Å². The summed E-state index contributed by atoms with van der Waals surface area (Å²) in [6, 6.07) is 12.1. The number of para-hydroxylation sites is 1. The number of phenolic OH excluding ortho intramolecular Hbond substituents is 1. The maximum atomic E-state index is 15.2. The SMILES string of the molecule is C[C@@H](O)[C@@H]1NC(=O)[C@H](CN2CCNCC2)NC(=O)[C@@H]([C@@H](C)c2c[nH]c3ccccc23)NC(=O)[C@H](Cc2ccc(O)cc2)NC(=O)[C@H](CCCCNC(=O)CC[C@H](C(=O)O)N2CCN(CC(=O)O)CCN(CC(=O)O)CC2)N(C)C(=O)[C@H](Cc2ccccc2)NC1=O. The molecule has 7 amide bonds. The summed E-state index contributed by atoms with van der Waals surface area (Å²) in [6.45, 7) is 5.66. The van der Waals surface area contributed by atoms with Gasteiger partial charge in [-0.3, -0.25) is 67.5 Å². The van der Waals surface area contributed by atoms with Crippen LogP contribution in [0.1, 0.15) is 68.6 Å². The minimum atomic E-state index is -1.67. The summed E-state index contributed by atoms with van der Waals surface area (Å²) < 4.78 is 0. The van der Waals surface area contributed by atoms with Crippen LogP contribution >= 0.6 is 0 Å². The average molecular weight is 1270 g/mol. The predicted octanol–water partition coefficient (Wildman–Crippen LogP) is -1.38. The van der Waals surface area contributed by atoms with Gasteiger partial charge < -0.3 is 72.6 Å². The first-order valence-corrected chi connectivity index (χ1v) is 30.9. The van der Waals surface area contributed by atoms with E-state index in [1.54, 1.807) is 70.3 Å². The van der Waals surface area contributed by atoms with Gasteiger partial charge in [0.05, 0.1) is 19.2 Å². The van der Waals surface area contributed by atoms with E-state index in [2.05, 4.69) is 42.2 Å². The van der Waals surface area contributed by atoms with E-state index < -0.39 is 114 Å². The van der Waals surface area contributed by atoms with E-state index in [1.807, 2.05) is 29.2 Å². The molecule has 0 radical (unpaired) electrons. The number of aromatic nitrogens is 1. The average Bonchev–Trinajstić information content (AvgIpc) is 1.78. The molecular formula is C63H87N13O15. The van der Waals surface area contributed by atoms with Gasteiger partial charge in [0.1, 0.15) is 48.0 Å². The number of hydrogen-bond donors (Lipinski definition) is 13. The number of aliphatic hydroxyl groups is 1. The first-order valence-electron chi connectivity index (χ1n) is 30.9. The number of carboxylic acid groups (broad SMARTS) is 3. The van der Waals surface area contributed by atoms with E-state index in [0.29, 0.717) is 42.9 Å². The fraction of sp³-hybridized carbons (Fsp3) is 0.524. The molecule has 0 unspecified atom stereocenters. The van der Waals surface area contributed by atoms with Gasteiger partial charge in [-0.25, -0.2) is 0 Å². The zero-order valence-electron chi connectivity index (χ0n) is 51.7. The highest BCUT2D eigenvalue weighted by Crippen LogP contribution is 2.29. The van der Waals surface area contributed by atoms with Crippen molar-refractivity contribution in [1.29, 1.82) is 0 Å². The fourth-order valence-corrected chi connectivity index (χ4v) is 11.8. The number of benzene rings is 3. The van der Waals surface area contributed by atoms with Gasteiger partial charge in [-0.2, -0.15) is 0 Å². The number of carboxylic acids is 3. The summed E-state index contributed by atoms with van der Waals surface area (Å²) in [5.41, 5.74) is 2.47. The molecule has 1 aromatic heterocycles. The molecule has 4 aromatic rings. The number of carbonyl (C=O) groups excluding carboxylic acids is 7. The summed E-state index contributed by atoms with van der Waals surface area (Å²) in [4.78, 5) is 151. The fourth-order valence-electron chi connectivity index (χ4n) is 11.8. The lowest BCUT2D eigenvalue weighted by Gasteiger charge is -2.35. The number of amides is 7. The van der Waals surface area contributed by atoms with Crippen molar-refractivity contribution >= 4 is 70.2 Å². The number of rotatable bonds is 23. The lowest BCUT2D eigenvalue weighted by atomic mass is 9.91. The van der Waals surface area contributed by atoms with Crippen LogP contribution in [0.3, 0.4) is 0 Å². The number of hydrogen-bond acceptors (Lipinski definition) is 17. The van der Waals surface area contributed by atoms with Gasteiger partial charge in [0, 0.05) is 128 Å². The van der Waals surface area contributed by atoms with Gasteiger partial charge in [-0.15, -0.1) is 0 Å². The number of aromatic amines is 1. The van der Waals surface area contributed by atoms with Crippen molar-refractivity contribution in [3.63, 3.8) is 0 Å². The maximum absolute atomic E-state index is 15.2. The van der Waals surface area contributed by atoms with Crippen LogP contribution in [0.4, 0.5) is 0 Å². The van der Waals surface area contributed by atoms with Crippen LogP contribution < -0.4 is 37.2 Å². The van der Waals surface area contributed by atoms with Crippen molar-refractivity contribution in [2.45, 2.75) is 113 Å². The van der Waals surface area contributed by atoms with E-state index in [9.17, 15) is 54.3 Å². The van der Waals surface area contributed by atoms with Crippen molar-refractivity contribution in [3.8, 4) is 5.75 Å². The predicted molar refractivity (Wildman–Crippen MR) is 333 cm³/mol. The summed E-state index contributed by atoms with van der Waals surface area (Å²) in [5.74, 6) is -9.73. The topological polar surface area (TPSA) is 388 Å². The van der Waals surface area contributed by atoms with Gasteiger partial charge in [0.25, 0.3) is 0 Å². The van der Waals surface area contributed by atoms with Crippen molar-refractivity contribution < 1.29 is 73.5 Å². The van der Waals surface area contributed by atoms with Gasteiger partial charge in [-0.1, -0.05) is 67.6 Å². The van der Waals surface area contributed by atoms with Crippen LogP contribution in [0.2, 0.25) is 0 Å². The van der Waals surface area contributed by atoms with Crippen LogP contribution in [0, 0.1) is 0 Å². The molecule has 3 aliphatic heterocycles. The maximum Gasteiger partial charge on any atom is 0.320 e. The van der Waals surface area contributed by atoms with Crippen LogP contribution in [0.15, 0.2) is 85.1 Å². The Morgan fingerprint density at radius 2 is 1.18 bits per heavy atom. The van der Waals surface area contributed by atoms with E-state index in [4.69, 9.17) is 0 Å². The smallest absolute Gasteiger partial charge is 0.320 e. The zero-order chi connectivity index (χ0) is 65.7. The lowest BCUT2D eigenvalue weighted by Crippen LogP contribution is -2.65. The molecule has 13 N–H and O–H groups in total. The normalized spacial score (nSPS) is 23.1. The molecule has 4 heterocycles. The van der Waals surface area contributed by atoms with Crippen molar-refractivity contribution in [2.24, 2.45) is 0 Å². The van der Waals surface area contributed by atoms with Gasteiger partial charge in [0.2, 0.25) is 41.4 Å². The molecular weight excluding hydrogens is 1180 g/mol. The molecule has 0 aliphatic carbocycles. The molecule has 3 fully saturated rings. The Hall–Kier alpha value is -8.54. The molecule has 3 saturated heterocycles. The number of phenols is 1. The second-order valence-electron chi connectivity index (χ2n) is 23.7. The lowest BCUT2D eigenvalue weighted by molar-refractivity contribution is -0.145. The third-order valence-corrected chi connectivity index (χ3v) is 17.0. The molecule has 28 heteroatoms. The van der Waals surface area contributed by atoms with E-state index in [1.165, 1.54) is 26.1 Å². The minimum Gasteiger partial charge on any atom is -0.508 e. The standard InChI is InChI=1S/C63H87N13O15/c1-39(45-35-66-46-14-8-7-13-44(45)46)55-60(87)69-49(36-73-25-23-64-24-26-73)58(85)71-56(40(2)77)61(88)68-48(34-41-11-5-4-6-12-41)62(89)72(3)50(59(86)67-47(57(84)70-55)33-42-16-18-43(78)19-17-42)15-9-10-22-65-52(79)21-20-51(63(90)91)76-31-29-74(37-53(80)81)27-28-75(30-32-76)38-54(82)83/h4-8,11-14,16-19,35,39-40,47-51,55-56,64,66,77-78H,9-10,15,20-34,36-38H2,1-3H3,(H,65,79)(H,67,86)(H,68,88)(H,69,87)(H,70,84)(H,71,85)(H,80,81)(H,82,83)(H,90,91)/t39-,40+,47-,48-,49-,50-,51+,55+,56-/m0/s1. The number of fused-ring (bicyclic) bond motifs is 1. The van der Waals surface area contributed by atoms with Gasteiger partial charge >= 0.3 is 17.9 Å². The molecule has 9 atom stereocenters. The van der Waals surface area contributed by atoms with Crippen LogP contribution in [0.25, 0.3) is 10.9 Å². The monoisotopic (exact) mass is 1270 g/mol. The summed E-state index contributed by atoms with van der Waals surface area (Å²) in [7, 11) is 1.36. The van der Waals surface area contributed by atoms with E-state index >= 15 is 19.2 Å². The molecule has 494 valence electrons. The summed E-state index contributed by atoms with van der Waals surface area (Å²) in [5, 5.41) is 71.7. The number of nitrogens with zero attached hydrogens (tertiary/aromatic N) is 5. The highest BCUT2D eigenvalue weighted by atomic mass is 16.4. The van der Waals surface area contributed by atoms with Gasteiger partial charge in [0.15, 0.2) is 0 Å². The Balaban J connectivity index is 1.17. The number of nitrogens with one attached hydrogen (secondary N) is 8. The second kappa shape index (κ2) is 34.0. The zero-order valence-corrected chi connectivity index (χ0v) is 51.7. The highest BCUT2D eigenvalue weighted by molar-refractivity contribution is 5.99. The van der Waals surface area contributed by atoms with Crippen LogP contribution in [-0.2, 0) is 60.8 Å². The number of unbranched alkanes of at least 4 members (excludes halogenated alkanes) is 1. The molecule has 0 spiro atoms. The number of likely N-dealkylation sites (N-methyl/N-ethyl adjacent to an activating group) is 1. The Labute approximate surface area is 527 Å². The number of carbonyl (C=O) groups is 10. The first kappa shape index (κ1) is 69.9. The molecule has 7 rings (SSSR count). The first-order chi connectivity index (χ1) is 43.5. The largest absolute Gasteiger partial charge is 0.508 e. The quantitative estimate of drug-likeness (QED) is 0.0381. The Bertz CT molecular complexity index is 3120. The van der Waals surface area contributed by atoms with Crippen molar-refractivity contribution in [2.75, 3.05) is 98.7 Å². The minimum absolute atomic E-state index is 0.0348. The van der Waals surface area contributed by atoms with Crippen LogP contribution in [0.5, 0.6) is 5.75 Å². The van der Waals surface area contributed by atoms with E-state index in [-0.39, 0.29) is 116 Å². The van der Waals surface area contributed by atoms with Crippen molar-refractivity contribution in [1.82, 2.24) is 66.7 Å². The highest BCUT2D eigenvalue weighted by Gasteiger charge is 2.40. The third kappa shape index (κ3) is 20.7. The third-order valence-electron chi connectivity index (χ3n) is 17.0. The Morgan fingerprint density at radius 1 is 0.615 bits per heavy atom. The van der Waals surface area contributed by atoms with E-state index in [0.717, 1.165) is 15.8 Å². The number of aliphatic hydroxyl groups excluding tert-OH is 1. The summed E-state index contributed by atoms with van der Waals surface area (Å²) >= 11 is 0. The number of aliphatic carboxylic acids is 3. The molecule has 3 aliphatic rings. The number of H-pyrrole nitrogens is 1. The Morgan fingerprint density at radius 3 is 1.81 bits per heavy atom. The molecule has 3 aromatic carbocycles.